The zero-order chi connectivity index (χ0) is 15.5. The molecule has 0 atom stereocenters. The van der Waals surface area contributed by atoms with Crippen LogP contribution in [-0.2, 0) is 6.54 Å². The van der Waals surface area contributed by atoms with Gasteiger partial charge in [-0.05, 0) is 18.2 Å². The number of nitrogens with two attached hydrogens (primary N) is 2. The molecule has 0 spiro atoms. The first-order chi connectivity index (χ1) is 10.6. The minimum Gasteiger partial charge on any atom is -0.383 e. The predicted octanol–water partition coefficient (Wildman–Crippen LogP) is 1.62. The van der Waals surface area contributed by atoms with Crippen LogP contribution in [0.1, 0.15) is 5.56 Å². The van der Waals surface area contributed by atoms with E-state index in [4.69, 9.17) is 23.1 Å². The number of anilines is 3. The lowest BCUT2D eigenvalue weighted by atomic mass is 10.2. The van der Waals surface area contributed by atoms with Gasteiger partial charge in [0.25, 0.3) is 0 Å². The fraction of sp³-hybridized carbons (Fsp3) is 0.333. The average molecular weight is 319 g/mol. The van der Waals surface area contributed by atoms with Crippen molar-refractivity contribution in [3.05, 3.63) is 41.0 Å². The number of rotatable bonds is 3. The maximum absolute atomic E-state index is 6.06. The van der Waals surface area contributed by atoms with Crippen molar-refractivity contribution < 1.29 is 0 Å². The van der Waals surface area contributed by atoms with Crippen LogP contribution in [0.2, 0.25) is 5.02 Å². The van der Waals surface area contributed by atoms with Gasteiger partial charge < -0.3 is 16.4 Å². The first-order valence-electron chi connectivity index (χ1n) is 7.21. The zero-order valence-corrected chi connectivity index (χ0v) is 13.0. The van der Waals surface area contributed by atoms with Crippen LogP contribution in [0.4, 0.5) is 17.5 Å². The third-order valence-electron chi connectivity index (χ3n) is 3.86. The Labute approximate surface area is 134 Å². The molecule has 1 aromatic carbocycles. The van der Waals surface area contributed by atoms with Crippen molar-refractivity contribution in [3.8, 4) is 0 Å². The molecule has 0 bridgehead atoms. The van der Waals surface area contributed by atoms with Gasteiger partial charge >= 0.3 is 0 Å². The molecular formula is C15H19ClN6. The second-order valence-electron chi connectivity index (χ2n) is 5.38. The van der Waals surface area contributed by atoms with Gasteiger partial charge in [0.05, 0.1) is 0 Å². The highest BCUT2D eigenvalue weighted by Crippen LogP contribution is 2.21. The Balaban J connectivity index is 1.60. The molecule has 0 aliphatic carbocycles. The number of piperazine rings is 1. The molecule has 2 aromatic rings. The number of benzene rings is 1. The molecule has 1 aliphatic rings. The van der Waals surface area contributed by atoms with Crippen molar-refractivity contribution in [1.29, 1.82) is 0 Å². The topological polar surface area (TPSA) is 84.3 Å². The van der Waals surface area contributed by atoms with E-state index in [0.717, 1.165) is 43.3 Å². The van der Waals surface area contributed by atoms with Crippen molar-refractivity contribution in [2.24, 2.45) is 0 Å². The molecule has 4 N–H and O–H groups in total. The lowest BCUT2D eigenvalue weighted by Gasteiger charge is -2.36. The second-order valence-corrected chi connectivity index (χ2v) is 5.82. The standard InChI is InChI=1S/C15H19ClN6/c16-12-2-1-3-13(8-12)22-6-4-21(5-7-22)10-11-9-19-15(18)20-14(11)17/h1-3,8-9H,4-7,10H2,(H4,17,18,19,20). The molecule has 116 valence electrons. The van der Waals surface area contributed by atoms with Gasteiger partial charge in [0.2, 0.25) is 5.95 Å². The van der Waals surface area contributed by atoms with Crippen LogP contribution >= 0.6 is 11.6 Å². The summed E-state index contributed by atoms with van der Waals surface area (Å²) in [6.45, 7) is 4.56. The summed E-state index contributed by atoms with van der Waals surface area (Å²) in [6.07, 6.45) is 1.71. The van der Waals surface area contributed by atoms with Gasteiger partial charge in [-0.15, -0.1) is 0 Å². The average Bonchev–Trinajstić information content (AvgIpc) is 2.51. The summed E-state index contributed by atoms with van der Waals surface area (Å²) in [5.41, 5.74) is 13.5. The number of hydrogen-bond acceptors (Lipinski definition) is 6. The molecule has 0 radical (unpaired) electrons. The minimum absolute atomic E-state index is 0.215. The van der Waals surface area contributed by atoms with E-state index in [1.54, 1.807) is 6.20 Å². The number of nitrogens with zero attached hydrogens (tertiary/aromatic N) is 4. The Hall–Kier alpha value is -2.05. The highest BCUT2D eigenvalue weighted by molar-refractivity contribution is 6.30. The van der Waals surface area contributed by atoms with Crippen LogP contribution in [0.5, 0.6) is 0 Å². The van der Waals surface area contributed by atoms with Gasteiger partial charge in [-0.25, -0.2) is 4.98 Å². The van der Waals surface area contributed by atoms with Gasteiger partial charge in [0, 0.05) is 55.2 Å². The quantitative estimate of drug-likeness (QED) is 0.894. The van der Waals surface area contributed by atoms with E-state index in [0.29, 0.717) is 5.82 Å². The number of hydrogen-bond donors (Lipinski definition) is 2. The monoisotopic (exact) mass is 318 g/mol. The predicted molar refractivity (Wildman–Crippen MR) is 89.8 cm³/mol. The normalized spacial score (nSPS) is 16.0. The first-order valence-corrected chi connectivity index (χ1v) is 7.59. The van der Waals surface area contributed by atoms with E-state index in [9.17, 15) is 0 Å². The smallest absolute Gasteiger partial charge is 0.221 e. The molecule has 0 saturated carbocycles. The van der Waals surface area contributed by atoms with Crippen molar-refractivity contribution in [2.75, 3.05) is 42.5 Å². The molecule has 6 nitrogen and oxygen atoms in total. The summed E-state index contributed by atoms with van der Waals surface area (Å²) in [7, 11) is 0. The SMILES string of the molecule is Nc1ncc(CN2CCN(c3cccc(Cl)c3)CC2)c(N)n1. The molecule has 1 fully saturated rings. The molecule has 1 aliphatic heterocycles. The van der Waals surface area contributed by atoms with E-state index in [1.807, 2.05) is 18.2 Å². The van der Waals surface area contributed by atoms with Crippen molar-refractivity contribution in [1.82, 2.24) is 14.9 Å². The van der Waals surface area contributed by atoms with Crippen LogP contribution in [-0.4, -0.2) is 41.0 Å². The molecule has 3 rings (SSSR count). The lowest BCUT2D eigenvalue weighted by Crippen LogP contribution is -2.46. The second kappa shape index (κ2) is 6.37. The summed E-state index contributed by atoms with van der Waals surface area (Å²) < 4.78 is 0. The Morgan fingerprint density at radius 1 is 1.14 bits per heavy atom. The maximum atomic E-state index is 6.06. The lowest BCUT2D eigenvalue weighted by molar-refractivity contribution is 0.250. The van der Waals surface area contributed by atoms with E-state index in [2.05, 4.69) is 25.8 Å². The molecular weight excluding hydrogens is 300 g/mol. The zero-order valence-electron chi connectivity index (χ0n) is 12.2. The van der Waals surface area contributed by atoms with Gasteiger partial charge in [-0.1, -0.05) is 17.7 Å². The van der Waals surface area contributed by atoms with E-state index < -0.39 is 0 Å². The first kappa shape index (κ1) is 14.9. The third-order valence-corrected chi connectivity index (χ3v) is 4.09. The van der Waals surface area contributed by atoms with Crippen LogP contribution in [0.15, 0.2) is 30.5 Å². The summed E-state index contributed by atoms with van der Waals surface area (Å²) in [6, 6.07) is 7.97. The summed E-state index contributed by atoms with van der Waals surface area (Å²) in [4.78, 5) is 12.7. The van der Waals surface area contributed by atoms with Crippen LogP contribution in [0.3, 0.4) is 0 Å². The molecule has 2 heterocycles. The fourth-order valence-electron chi connectivity index (χ4n) is 2.63. The Morgan fingerprint density at radius 3 is 2.59 bits per heavy atom. The Kier molecular flexibility index (Phi) is 4.31. The number of halogens is 1. The Bertz CT molecular complexity index is 654. The van der Waals surface area contributed by atoms with Crippen molar-refractivity contribution in [3.63, 3.8) is 0 Å². The third kappa shape index (κ3) is 3.40. The minimum atomic E-state index is 0.215. The molecule has 22 heavy (non-hydrogen) atoms. The van der Waals surface area contributed by atoms with Crippen molar-refractivity contribution >= 4 is 29.1 Å². The number of aromatic nitrogens is 2. The molecule has 0 unspecified atom stereocenters. The summed E-state index contributed by atoms with van der Waals surface area (Å²) in [5, 5.41) is 0.770. The number of nitrogen functional groups attached to an aromatic ring is 2. The highest BCUT2D eigenvalue weighted by atomic mass is 35.5. The van der Waals surface area contributed by atoms with Crippen LogP contribution < -0.4 is 16.4 Å². The summed E-state index contributed by atoms with van der Waals surface area (Å²) >= 11 is 6.06. The van der Waals surface area contributed by atoms with E-state index >= 15 is 0 Å². The van der Waals surface area contributed by atoms with Crippen molar-refractivity contribution in [2.45, 2.75) is 6.54 Å². The van der Waals surface area contributed by atoms with Gasteiger partial charge in [-0.2, -0.15) is 4.98 Å². The highest BCUT2D eigenvalue weighted by Gasteiger charge is 2.18. The fourth-order valence-corrected chi connectivity index (χ4v) is 2.82. The summed E-state index contributed by atoms with van der Waals surface area (Å²) in [5.74, 6) is 0.678. The van der Waals surface area contributed by atoms with Crippen LogP contribution in [0.25, 0.3) is 0 Å². The van der Waals surface area contributed by atoms with Crippen LogP contribution in [0, 0.1) is 0 Å². The molecule has 1 saturated heterocycles. The van der Waals surface area contributed by atoms with Gasteiger partial charge in [0.1, 0.15) is 5.82 Å². The largest absolute Gasteiger partial charge is 0.383 e. The van der Waals surface area contributed by atoms with Gasteiger partial charge in [0.15, 0.2) is 0 Å². The maximum Gasteiger partial charge on any atom is 0.221 e. The molecule has 7 heteroatoms. The molecule has 0 amide bonds. The van der Waals surface area contributed by atoms with Gasteiger partial charge in [-0.3, -0.25) is 4.90 Å². The van der Waals surface area contributed by atoms with E-state index in [-0.39, 0.29) is 5.95 Å². The molecule has 1 aromatic heterocycles. The Morgan fingerprint density at radius 2 is 1.91 bits per heavy atom. The van der Waals surface area contributed by atoms with E-state index in [1.165, 1.54) is 5.69 Å².